The van der Waals surface area contributed by atoms with Crippen LogP contribution in [0.3, 0.4) is 0 Å². The Morgan fingerprint density at radius 2 is 1.65 bits per heavy atom. The fourth-order valence-corrected chi connectivity index (χ4v) is 5.17. The van der Waals surface area contributed by atoms with Crippen LogP contribution in [0.1, 0.15) is 5.56 Å². The second-order valence-corrected chi connectivity index (χ2v) is 9.70. The Labute approximate surface area is 230 Å². The van der Waals surface area contributed by atoms with Gasteiger partial charge in [-0.2, -0.15) is 0 Å². The molecule has 9 nitrogen and oxygen atoms in total. The molecule has 3 aromatic heterocycles. The SMILES string of the molecule is COc1cccc(-c2nc3cc(F)cc(F)c3c(Nc3cc(N4CCOCC4)cnc3N3CCOCC3)c2C)n1. The Bertz CT molecular complexity index is 1540. The molecule has 2 aliphatic heterocycles. The minimum atomic E-state index is -0.707. The maximum Gasteiger partial charge on any atom is 0.213 e. The number of pyridine rings is 3. The van der Waals surface area contributed by atoms with Crippen molar-refractivity contribution in [2.24, 2.45) is 0 Å². The van der Waals surface area contributed by atoms with Gasteiger partial charge in [0.2, 0.25) is 5.88 Å². The second kappa shape index (κ2) is 11.2. The highest BCUT2D eigenvalue weighted by Gasteiger charge is 2.23. The summed E-state index contributed by atoms with van der Waals surface area (Å²) in [6.07, 6.45) is 1.86. The monoisotopic (exact) mass is 548 g/mol. The third-order valence-corrected chi connectivity index (χ3v) is 7.22. The molecule has 0 saturated carbocycles. The van der Waals surface area contributed by atoms with Crippen LogP contribution < -0.4 is 19.9 Å². The summed E-state index contributed by atoms with van der Waals surface area (Å²) in [5.41, 5.74) is 3.95. The molecule has 1 aromatic carbocycles. The highest BCUT2D eigenvalue weighted by Crippen LogP contribution is 2.39. The molecule has 208 valence electrons. The van der Waals surface area contributed by atoms with E-state index in [9.17, 15) is 4.39 Å². The van der Waals surface area contributed by atoms with Crippen molar-refractivity contribution in [3.8, 4) is 17.3 Å². The standard InChI is InChI=1S/C29H30F2N6O3/c1-18-27(22-4-3-5-25(33-22)38-2)34-23-15-19(30)14-21(31)26(23)28(18)35-24-16-20(36-6-10-39-11-7-36)17-32-29(24)37-8-12-40-13-9-37/h3-5,14-17H,6-13H2,1-2H3,(H,34,35). The average molecular weight is 549 g/mol. The summed E-state index contributed by atoms with van der Waals surface area (Å²) in [6.45, 7) is 7.13. The topological polar surface area (TPSA) is 84.9 Å². The van der Waals surface area contributed by atoms with Crippen LogP contribution in [0.5, 0.6) is 5.88 Å². The summed E-state index contributed by atoms with van der Waals surface area (Å²) in [6, 6.07) is 9.47. The Balaban J connectivity index is 1.53. The minimum Gasteiger partial charge on any atom is -0.481 e. The molecule has 1 N–H and O–H groups in total. The largest absolute Gasteiger partial charge is 0.481 e. The molecule has 0 aliphatic carbocycles. The van der Waals surface area contributed by atoms with Gasteiger partial charge in [-0.3, -0.25) is 0 Å². The van der Waals surface area contributed by atoms with E-state index >= 15 is 4.39 Å². The van der Waals surface area contributed by atoms with Crippen LogP contribution in [0.2, 0.25) is 0 Å². The van der Waals surface area contributed by atoms with Gasteiger partial charge in [0, 0.05) is 49.9 Å². The van der Waals surface area contributed by atoms with E-state index in [2.05, 4.69) is 25.1 Å². The van der Waals surface area contributed by atoms with Crippen molar-refractivity contribution in [1.82, 2.24) is 15.0 Å². The van der Waals surface area contributed by atoms with E-state index in [1.54, 1.807) is 18.2 Å². The summed E-state index contributed by atoms with van der Waals surface area (Å²) >= 11 is 0. The van der Waals surface area contributed by atoms with Crippen molar-refractivity contribution in [2.45, 2.75) is 6.92 Å². The number of rotatable bonds is 6. The van der Waals surface area contributed by atoms with Gasteiger partial charge in [0.25, 0.3) is 0 Å². The van der Waals surface area contributed by atoms with Crippen LogP contribution in [0.25, 0.3) is 22.3 Å². The summed E-state index contributed by atoms with van der Waals surface area (Å²) < 4.78 is 46.2. The Morgan fingerprint density at radius 1 is 0.925 bits per heavy atom. The lowest BCUT2D eigenvalue weighted by atomic mass is 10.0. The molecular formula is C29H30F2N6O3. The quantitative estimate of drug-likeness (QED) is 0.368. The van der Waals surface area contributed by atoms with Crippen LogP contribution in [-0.2, 0) is 9.47 Å². The molecule has 2 fully saturated rings. The number of hydrogen-bond acceptors (Lipinski definition) is 9. The first-order valence-corrected chi connectivity index (χ1v) is 13.2. The summed E-state index contributed by atoms with van der Waals surface area (Å²) in [7, 11) is 1.53. The van der Waals surface area contributed by atoms with Crippen molar-refractivity contribution >= 4 is 33.8 Å². The molecule has 0 bridgehead atoms. The first kappa shape index (κ1) is 26.1. The highest BCUT2D eigenvalue weighted by molar-refractivity contribution is 5.99. The van der Waals surface area contributed by atoms with Crippen molar-refractivity contribution < 1.29 is 23.0 Å². The maximum atomic E-state index is 15.4. The van der Waals surface area contributed by atoms with Gasteiger partial charge < -0.3 is 29.3 Å². The zero-order valence-electron chi connectivity index (χ0n) is 22.4. The van der Waals surface area contributed by atoms with E-state index in [1.807, 2.05) is 19.2 Å². The van der Waals surface area contributed by atoms with Gasteiger partial charge in [0.1, 0.15) is 11.6 Å². The lowest BCUT2D eigenvalue weighted by Crippen LogP contribution is -2.38. The van der Waals surface area contributed by atoms with E-state index in [4.69, 9.17) is 19.2 Å². The first-order chi connectivity index (χ1) is 19.5. The predicted octanol–water partition coefficient (Wildman–Crippen LogP) is 4.70. The number of aromatic nitrogens is 3. The molecule has 4 aromatic rings. The first-order valence-electron chi connectivity index (χ1n) is 13.2. The molecule has 0 radical (unpaired) electrons. The van der Waals surface area contributed by atoms with Gasteiger partial charge in [-0.05, 0) is 19.1 Å². The number of nitrogens with zero attached hydrogens (tertiary/aromatic N) is 5. The fraction of sp³-hybridized carbons (Fsp3) is 0.345. The maximum absolute atomic E-state index is 15.4. The van der Waals surface area contributed by atoms with Crippen LogP contribution in [0, 0.1) is 18.6 Å². The van der Waals surface area contributed by atoms with E-state index in [1.165, 1.54) is 13.2 Å². The molecule has 2 aliphatic rings. The third kappa shape index (κ3) is 5.09. The smallest absolute Gasteiger partial charge is 0.213 e. The average Bonchev–Trinajstić information content (AvgIpc) is 2.99. The highest BCUT2D eigenvalue weighted by atomic mass is 19.1. The molecule has 6 rings (SSSR count). The minimum absolute atomic E-state index is 0.176. The van der Waals surface area contributed by atoms with Crippen molar-refractivity contribution in [1.29, 1.82) is 0 Å². The number of halogens is 2. The van der Waals surface area contributed by atoms with Crippen LogP contribution >= 0.6 is 0 Å². The van der Waals surface area contributed by atoms with Crippen LogP contribution in [-0.4, -0.2) is 74.7 Å². The van der Waals surface area contributed by atoms with E-state index in [-0.39, 0.29) is 10.9 Å². The zero-order valence-corrected chi connectivity index (χ0v) is 22.4. The van der Waals surface area contributed by atoms with Crippen LogP contribution in [0.4, 0.5) is 31.7 Å². The molecule has 2 saturated heterocycles. The Morgan fingerprint density at radius 3 is 2.38 bits per heavy atom. The molecule has 0 amide bonds. The molecule has 0 spiro atoms. The van der Waals surface area contributed by atoms with Gasteiger partial charge in [-0.25, -0.2) is 23.7 Å². The number of benzene rings is 1. The summed E-state index contributed by atoms with van der Waals surface area (Å²) in [5.74, 6) is -0.269. The van der Waals surface area contributed by atoms with Gasteiger partial charge in [-0.1, -0.05) is 6.07 Å². The lowest BCUT2D eigenvalue weighted by Gasteiger charge is -2.32. The van der Waals surface area contributed by atoms with E-state index < -0.39 is 11.6 Å². The zero-order chi connectivity index (χ0) is 27.6. The molecule has 5 heterocycles. The van der Waals surface area contributed by atoms with Gasteiger partial charge in [0.05, 0.1) is 79.1 Å². The van der Waals surface area contributed by atoms with Gasteiger partial charge in [-0.15, -0.1) is 0 Å². The second-order valence-electron chi connectivity index (χ2n) is 9.70. The molecule has 0 unspecified atom stereocenters. The summed E-state index contributed by atoms with van der Waals surface area (Å²) in [4.78, 5) is 18.4. The summed E-state index contributed by atoms with van der Waals surface area (Å²) in [5, 5.41) is 3.69. The van der Waals surface area contributed by atoms with E-state index in [0.717, 1.165) is 30.7 Å². The van der Waals surface area contributed by atoms with Gasteiger partial charge in [0.15, 0.2) is 5.82 Å². The Hall–Kier alpha value is -4.09. The Kier molecular flexibility index (Phi) is 7.31. The molecule has 0 atom stereocenters. The number of hydrogen-bond donors (Lipinski definition) is 1. The molecule has 40 heavy (non-hydrogen) atoms. The van der Waals surface area contributed by atoms with Crippen molar-refractivity contribution in [2.75, 3.05) is 74.8 Å². The third-order valence-electron chi connectivity index (χ3n) is 7.22. The van der Waals surface area contributed by atoms with Crippen molar-refractivity contribution in [3.63, 3.8) is 0 Å². The van der Waals surface area contributed by atoms with Crippen LogP contribution in [0.15, 0.2) is 42.6 Å². The normalized spacial score (nSPS) is 15.9. The predicted molar refractivity (Wildman–Crippen MR) is 150 cm³/mol. The number of methoxy groups -OCH3 is 1. The molecule has 11 heteroatoms. The van der Waals surface area contributed by atoms with Gasteiger partial charge >= 0.3 is 0 Å². The number of ether oxygens (including phenoxy) is 3. The van der Waals surface area contributed by atoms with E-state index in [0.29, 0.717) is 73.7 Å². The fourth-order valence-electron chi connectivity index (χ4n) is 5.17. The number of nitrogens with one attached hydrogen (secondary N) is 1. The van der Waals surface area contributed by atoms with Crippen molar-refractivity contribution in [3.05, 3.63) is 59.8 Å². The number of morpholine rings is 2. The lowest BCUT2D eigenvalue weighted by molar-refractivity contribution is 0.122. The molecular weight excluding hydrogens is 518 g/mol. The number of anilines is 4. The number of fused-ring (bicyclic) bond motifs is 1.